The Kier molecular flexibility index (Phi) is 7.76. The van der Waals surface area contributed by atoms with Crippen molar-refractivity contribution in [2.45, 2.75) is 33.9 Å². The van der Waals surface area contributed by atoms with Gasteiger partial charge in [0.25, 0.3) is 0 Å². The van der Waals surface area contributed by atoms with Crippen LogP contribution < -0.4 is 15.4 Å². The Morgan fingerprint density at radius 2 is 1.92 bits per heavy atom. The van der Waals surface area contributed by atoms with Gasteiger partial charge in [-0.05, 0) is 24.5 Å². The molecule has 0 spiro atoms. The summed E-state index contributed by atoms with van der Waals surface area (Å²) in [7, 11) is 0. The third-order valence-electron chi connectivity index (χ3n) is 3.50. The van der Waals surface area contributed by atoms with E-state index < -0.39 is 0 Å². The Hall–Kier alpha value is -2.56. The van der Waals surface area contributed by atoms with E-state index in [2.05, 4.69) is 41.4 Å². The van der Waals surface area contributed by atoms with Gasteiger partial charge in [-0.15, -0.1) is 0 Å². The molecule has 5 heteroatoms. The van der Waals surface area contributed by atoms with Crippen LogP contribution in [0.4, 0.5) is 0 Å². The Morgan fingerprint density at radius 3 is 2.64 bits per heavy atom. The number of hydrogen-bond donors (Lipinski definition) is 2. The minimum absolute atomic E-state index is 0.500. The maximum atomic E-state index is 5.89. The van der Waals surface area contributed by atoms with Gasteiger partial charge in [0.15, 0.2) is 5.96 Å². The fourth-order valence-corrected chi connectivity index (χ4v) is 2.21. The lowest BCUT2D eigenvalue weighted by molar-refractivity contribution is 0.290. The van der Waals surface area contributed by atoms with E-state index >= 15 is 0 Å². The number of aliphatic imine (C=N–C) groups is 1. The van der Waals surface area contributed by atoms with Crippen LogP contribution >= 0.6 is 0 Å². The molecule has 5 nitrogen and oxygen atoms in total. The quantitative estimate of drug-likeness (QED) is 0.571. The lowest BCUT2D eigenvalue weighted by Gasteiger charge is -2.13. The average molecular weight is 340 g/mol. The van der Waals surface area contributed by atoms with Crippen LogP contribution in [0, 0.1) is 5.92 Å². The van der Waals surface area contributed by atoms with Crippen LogP contribution in [0.3, 0.4) is 0 Å². The molecule has 0 aliphatic carbocycles. The molecule has 0 aliphatic heterocycles. The van der Waals surface area contributed by atoms with Gasteiger partial charge in [-0.3, -0.25) is 0 Å². The van der Waals surface area contributed by atoms with Crippen LogP contribution in [0.25, 0.3) is 0 Å². The maximum Gasteiger partial charge on any atom is 0.218 e. The van der Waals surface area contributed by atoms with Gasteiger partial charge < -0.3 is 15.4 Å². The van der Waals surface area contributed by atoms with Crippen molar-refractivity contribution in [1.29, 1.82) is 0 Å². The summed E-state index contributed by atoms with van der Waals surface area (Å²) in [6.07, 6.45) is 1.75. The summed E-state index contributed by atoms with van der Waals surface area (Å²) in [4.78, 5) is 9.01. The number of rotatable bonds is 8. The fourth-order valence-electron chi connectivity index (χ4n) is 2.21. The molecule has 0 fully saturated rings. The Labute approximate surface area is 150 Å². The smallest absolute Gasteiger partial charge is 0.218 e. The molecule has 0 saturated carbocycles. The van der Waals surface area contributed by atoms with E-state index in [4.69, 9.17) is 4.74 Å². The van der Waals surface area contributed by atoms with Crippen molar-refractivity contribution in [3.05, 3.63) is 59.8 Å². The Balaban J connectivity index is 2.01. The van der Waals surface area contributed by atoms with Crippen molar-refractivity contribution in [2.24, 2.45) is 10.9 Å². The van der Waals surface area contributed by atoms with Crippen molar-refractivity contribution in [2.75, 3.05) is 13.1 Å². The summed E-state index contributed by atoms with van der Waals surface area (Å²) < 4.78 is 5.89. The number of guanidine groups is 1. The molecule has 0 radical (unpaired) electrons. The highest BCUT2D eigenvalue weighted by Crippen LogP contribution is 2.17. The van der Waals surface area contributed by atoms with Crippen LogP contribution in [0.1, 0.15) is 31.9 Å². The Bertz CT molecular complexity index is 656. The molecule has 1 aromatic carbocycles. The molecule has 0 bridgehead atoms. The summed E-state index contributed by atoms with van der Waals surface area (Å²) in [5, 5.41) is 6.61. The molecule has 134 valence electrons. The molecule has 2 aromatic rings. The number of ether oxygens (including phenoxy) is 1. The summed E-state index contributed by atoms with van der Waals surface area (Å²) in [5.41, 5.74) is 2.09. The fraction of sp³-hybridized carbons (Fsp3) is 0.400. The van der Waals surface area contributed by atoms with Gasteiger partial charge in [0.05, 0.1) is 6.54 Å². The summed E-state index contributed by atoms with van der Waals surface area (Å²) in [6, 6.07) is 14.0. The minimum Gasteiger partial charge on any atom is -0.473 e. The predicted octanol–water partition coefficient (Wildman–Crippen LogP) is 3.37. The molecular weight excluding hydrogens is 312 g/mol. The van der Waals surface area contributed by atoms with Crippen LogP contribution in [-0.4, -0.2) is 24.0 Å². The highest BCUT2D eigenvalue weighted by atomic mass is 16.5. The zero-order valence-corrected chi connectivity index (χ0v) is 15.3. The van der Waals surface area contributed by atoms with E-state index in [0.717, 1.165) is 30.2 Å². The molecular formula is C20H28N4O. The molecule has 0 aliphatic rings. The number of nitrogens with zero attached hydrogens (tertiary/aromatic N) is 2. The maximum absolute atomic E-state index is 5.89. The van der Waals surface area contributed by atoms with Crippen molar-refractivity contribution < 1.29 is 4.74 Å². The third kappa shape index (κ3) is 6.83. The van der Waals surface area contributed by atoms with E-state index in [1.54, 1.807) is 6.20 Å². The molecule has 0 amide bonds. The standard InChI is InChI=1S/C20H28N4O/c1-4-21-20(23-13-16(2)3)24-14-18-11-8-12-22-19(18)25-15-17-9-6-5-7-10-17/h5-12,16H,4,13-15H2,1-3H3,(H2,21,23,24). The van der Waals surface area contributed by atoms with Crippen LogP contribution in [0.5, 0.6) is 5.88 Å². The highest BCUT2D eigenvalue weighted by Gasteiger charge is 2.06. The largest absolute Gasteiger partial charge is 0.473 e. The lowest BCUT2D eigenvalue weighted by Crippen LogP contribution is -2.39. The highest BCUT2D eigenvalue weighted by molar-refractivity contribution is 5.79. The van der Waals surface area contributed by atoms with E-state index in [-0.39, 0.29) is 0 Å². The molecule has 0 saturated heterocycles. The first-order valence-electron chi connectivity index (χ1n) is 8.81. The van der Waals surface area contributed by atoms with Gasteiger partial charge in [0.1, 0.15) is 6.61 Å². The van der Waals surface area contributed by atoms with Crippen LogP contribution in [0.15, 0.2) is 53.7 Å². The molecule has 0 unspecified atom stereocenters. The van der Waals surface area contributed by atoms with Gasteiger partial charge in [0.2, 0.25) is 5.88 Å². The predicted molar refractivity (Wildman–Crippen MR) is 103 cm³/mol. The topological polar surface area (TPSA) is 58.5 Å². The van der Waals surface area contributed by atoms with Crippen molar-refractivity contribution >= 4 is 5.96 Å². The lowest BCUT2D eigenvalue weighted by atomic mass is 10.2. The molecule has 1 heterocycles. The first-order valence-corrected chi connectivity index (χ1v) is 8.81. The Morgan fingerprint density at radius 1 is 1.12 bits per heavy atom. The van der Waals surface area contributed by atoms with Crippen LogP contribution in [0.2, 0.25) is 0 Å². The van der Waals surface area contributed by atoms with E-state index in [1.807, 2.05) is 42.5 Å². The first kappa shape index (κ1) is 18.8. The average Bonchev–Trinajstić information content (AvgIpc) is 2.63. The summed E-state index contributed by atoms with van der Waals surface area (Å²) in [5.74, 6) is 2.01. The third-order valence-corrected chi connectivity index (χ3v) is 3.50. The van der Waals surface area contributed by atoms with Gasteiger partial charge in [-0.25, -0.2) is 9.98 Å². The van der Waals surface area contributed by atoms with Crippen molar-refractivity contribution in [3.8, 4) is 5.88 Å². The van der Waals surface area contributed by atoms with Crippen molar-refractivity contribution in [1.82, 2.24) is 15.6 Å². The second-order valence-corrected chi connectivity index (χ2v) is 6.21. The van der Waals surface area contributed by atoms with E-state index in [9.17, 15) is 0 Å². The molecule has 2 N–H and O–H groups in total. The van der Waals surface area contributed by atoms with Crippen LogP contribution in [-0.2, 0) is 13.2 Å². The van der Waals surface area contributed by atoms with Gasteiger partial charge in [-0.1, -0.05) is 50.2 Å². The van der Waals surface area contributed by atoms with Gasteiger partial charge in [0, 0.05) is 24.8 Å². The zero-order chi connectivity index (χ0) is 17.9. The first-order chi connectivity index (χ1) is 12.2. The second-order valence-electron chi connectivity index (χ2n) is 6.21. The zero-order valence-electron chi connectivity index (χ0n) is 15.3. The second kappa shape index (κ2) is 10.3. The number of pyridine rings is 1. The number of hydrogen-bond acceptors (Lipinski definition) is 3. The molecule has 1 aromatic heterocycles. The molecule has 25 heavy (non-hydrogen) atoms. The molecule has 2 rings (SSSR count). The molecule has 0 atom stereocenters. The monoisotopic (exact) mass is 340 g/mol. The van der Waals surface area contributed by atoms with E-state index in [1.165, 1.54) is 0 Å². The number of aromatic nitrogens is 1. The number of nitrogens with one attached hydrogen (secondary N) is 2. The SMILES string of the molecule is CCNC(=NCc1cccnc1OCc1ccccc1)NCC(C)C. The normalized spacial score (nSPS) is 11.4. The van der Waals surface area contributed by atoms with Gasteiger partial charge >= 0.3 is 0 Å². The summed E-state index contributed by atoms with van der Waals surface area (Å²) >= 11 is 0. The minimum atomic E-state index is 0.500. The summed E-state index contributed by atoms with van der Waals surface area (Å²) in [6.45, 7) is 9.14. The number of benzene rings is 1. The van der Waals surface area contributed by atoms with E-state index in [0.29, 0.717) is 24.9 Å². The van der Waals surface area contributed by atoms with Gasteiger partial charge in [-0.2, -0.15) is 0 Å². The van der Waals surface area contributed by atoms with Crippen molar-refractivity contribution in [3.63, 3.8) is 0 Å².